The minimum Gasteiger partial charge on any atom is -0.507 e. The summed E-state index contributed by atoms with van der Waals surface area (Å²) in [5.41, 5.74) is 7.85. The summed E-state index contributed by atoms with van der Waals surface area (Å²) >= 11 is 1.36. The molecule has 1 aliphatic heterocycles. The second-order valence-corrected chi connectivity index (χ2v) is 19.0. The van der Waals surface area contributed by atoms with Gasteiger partial charge in [-0.15, -0.1) is 0 Å². The highest BCUT2D eigenvalue weighted by Crippen LogP contribution is 2.47. The maximum absolute atomic E-state index is 11.9. The van der Waals surface area contributed by atoms with Crippen LogP contribution in [-0.4, -0.2) is 20.4 Å². The van der Waals surface area contributed by atoms with Gasteiger partial charge in [0, 0.05) is 19.3 Å². The fourth-order valence-corrected chi connectivity index (χ4v) is 7.35. The number of fused-ring (bicyclic) bond motifs is 8. The molecule has 5 rings (SSSR count). The number of benzene rings is 4. The quantitative estimate of drug-likeness (QED) is 0.132. The van der Waals surface area contributed by atoms with Crippen LogP contribution in [0.3, 0.4) is 0 Å². The first-order chi connectivity index (χ1) is 21.9. The van der Waals surface area contributed by atoms with Gasteiger partial charge in [-0.2, -0.15) is 0 Å². The summed E-state index contributed by atoms with van der Waals surface area (Å²) in [5.74, 6) is 0.679. The first-order valence-corrected chi connectivity index (χ1v) is 17.9. The van der Waals surface area contributed by atoms with Gasteiger partial charge in [-0.1, -0.05) is 131 Å². The molecule has 5 heteroatoms. The molecule has 0 radical (unpaired) electrons. The van der Waals surface area contributed by atoms with Gasteiger partial charge in [0.25, 0.3) is 0 Å². The minimum absolute atomic E-state index is 0.155. The summed E-state index contributed by atoms with van der Waals surface area (Å²) < 4.78 is 0. The third-order valence-electron chi connectivity index (χ3n) is 9.67. The Bertz CT molecular complexity index is 1520. The molecule has 4 N–H and O–H groups in total. The van der Waals surface area contributed by atoms with Crippen molar-refractivity contribution < 1.29 is 20.4 Å². The van der Waals surface area contributed by atoms with Gasteiger partial charge in [0.05, 0.1) is 9.79 Å². The molecule has 0 saturated heterocycles. The third kappa shape index (κ3) is 7.22. The predicted molar refractivity (Wildman–Crippen MR) is 200 cm³/mol. The smallest absolute Gasteiger partial charge is 0.133 e. The number of hydrogen-bond donors (Lipinski definition) is 4. The van der Waals surface area contributed by atoms with Gasteiger partial charge in [0.2, 0.25) is 0 Å². The van der Waals surface area contributed by atoms with Crippen LogP contribution in [-0.2, 0) is 40.9 Å². The van der Waals surface area contributed by atoms with Crippen LogP contribution in [0.1, 0.15) is 139 Å². The van der Waals surface area contributed by atoms with Crippen LogP contribution in [0, 0.1) is 0 Å². The second kappa shape index (κ2) is 12.1. The van der Waals surface area contributed by atoms with E-state index < -0.39 is 0 Å². The number of phenols is 4. The minimum atomic E-state index is -0.204. The topological polar surface area (TPSA) is 80.9 Å². The molecule has 1 heterocycles. The third-order valence-corrected chi connectivity index (χ3v) is 10.7. The summed E-state index contributed by atoms with van der Waals surface area (Å²) in [6.45, 7) is 25.9. The molecule has 4 nitrogen and oxygen atoms in total. The van der Waals surface area contributed by atoms with E-state index in [1.54, 1.807) is 0 Å². The van der Waals surface area contributed by atoms with E-state index in [1.165, 1.54) is 11.8 Å². The zero-order chi connectivity index (χ0) is 35.7. The molecular formula is C43H54O4S. The first kappa shape index (κ1) is 35.7. The predicted octanol–water partition coefficient (Wildman–Crippen LogP) is 10.9. The number of aromatic hydroxyl groups is 4. The van der Waals surface area contributed by atoms with Crippen molar-refractivity contribution in [1.29, 1.82) is 0 Å². The molecule has 0 spiro atoms. The Morgan fingerprint density at radius 3 is 0.792 bits per heavy atom. The maximum atomic E-state index is 11.9. The van der Waals surface area contributed by atoms with Gasteiger partial charge in [-0.3, -0.25) is 0 Å². The number of rotatable bonds is 0. The van der Waals surface area contributed by atoms with Crippen molar-refractivity contribution in [2.45, 2.75) is 134 Å². The Morgan fingerprint density at radius 2 is 0.562 bits per heavy atom. The number of phenolic OH excluding ortho intramolecular Hbond substituents is 4. The van der Waals surface area contributed by atoms with Crippen LogP contribution in [0.25, 0.3) is 0 Å². The molecule has 0 amide bonds. The van der Waals surface area contributed by atoms with Gasteiger partial charge < -0.3 is 20.4 Å². The highest BCUT2D eigenvalue weighted by atomic mass is 32.2. The van der Waals surface area contributed by atoms with Gasteiger partial charge >= 0.3 is 0 Å². The van der Waals surface area contributed by atoms with Crippen LogP contribution in [0.2, 0.25) is 0 Å². The van der Waals surface area contributed by atoms with Crippen molar-refractivity contribution in [2.75, 3.05) is 0 Å². The molecule has 0 saturated carbocycles. The van der Waals surface area contributed by atoms with E-state index in [9.17, 15) is 20.4 Å². The highest BCUT2D eigenvalue weighted by Gasteiger charge is 2.27. The Balaban J connectivity index is 1.89. The van der Waals surface area contributed by atoms with E-state index in [0.717, 1.165) is 55.6 Å². The lowest BCUT2D eigenvalue weighted by atomic mass is 9.80. The zero-order valence-electron chi connectivity index (χ0n) is 30.9. The molecule has 0 unspecified atom stereocenters. The van der Waals surface area contributed by atoms with Crippen molar-refractivity contribution in [3.8, 4) is 23.0 Å². The van der Waals surface area contributed by atoms with E-state index >= 15 is 0 Å². The summed E-state index contributed by atoms with van der Waals surface area (Å²) in [5, 5.41) is 47.6. The molecule has 1 aliphatic rings. The molecule has 0 aliphatic carbocycles. The van der Waals surface area contributed by atoms with Crippen LogP contribution >= 0.6 is 11.8 Å². The Hall–Kier alpha value is -3.57. The largest absolute Gasteiger partial charge is 0.507 e. The lowest BCUT2D eigenvalue weighted by Gasteiger charge is -2.26. The van der Waals surface area contributed by atoms with Crippen molar-refractivity contribution in [3.05, 3.63) is 104 Å². The second-order valence-electron chi connectivity index (χ2n) is 17.9. The average Bonchev–Trinajstić information content (AvgIpc) is 2.93. The summed E-state index contributed by atoms with van der Waals surface area (Å²) in [7, 11) is 0. The Morgan fingerprint density at radius 1 is 0.354 bits per heavy atom. The normalized spacial score (nSPS) is 14.2. The molecule has 0 fully saturated rings. The molecule has 0 atom stereocenters. The van der Waals surface area contributed by atoms with E-state index in [4.69, 9.17) is 0 Å². The van der Waals surface area contributed by atoms with Crippen LogP contribution in [0.5, 0.6) is 23.0 Å². The zero-order valence-corrected chi connectivity index (χ0v) is 31.8. The van der Waals surface area contributed by atoms with Crippen molar-refractivity contribution in [1.82, 2.24) is 0 Å². The molecule has 48 heavy (non-hydrogen) atoms. The van der Waals surface area contributed by atoms with Crippen molar-refractivity contribution >= 4 is 11.8 Å². The summed E-state index contributed by atoms with van der Waals surface area (Å²) in [6, 6.07) is 16.4. The van der Waals surface area contributed by atoms with E-state index in [0.29, 0.717) is 29.1 Å². The molecule has 256 valence electrons. The van der Waals surface area contributed by atoms with Crippen LogP contribution < -0.4 is 0 Å². The van der Waals surface area contributed by atoms with Crippen LogP contribution in [0.15, 0.2) is 58.3 Å². The molecular weight excluding hydrogens is 613 g/mol. The SMILES string of the molecule is CC(C)(C)c1cc2c(O)c(c1)Cc1cc(C(C)(C)C)cc(c1O)Sc1cc(C(C)(C)C)cc(c1O)Cc1cc(C(C)(C)C)cc(c1O)C2. The Labute approximate surface area is 292 Å². The number of hydrogen-bond acceptors (Lipinski definition) is 5. The van der Waals surface area contributed by atoms with E-state index in [1.807, 2.05) is 24.3 Å². The van der Waals surface area contributed by atoms with E-state index in [-0.39, 0.29) is 44.7 Å². The fraction of sp³-hybridized carbons (Fsp3) is 0.442. The van der Waals surface area contributed by atoms with Crippen molar-refractivity contribution in [3.63, 3.8) is 0 Å². The standard InChI is InChI=1S/C43H54O4S/c1-40(2,3)30-16-24-13-25-17-31(41(4,5)6)19-27(37(25)45)15-29-21-33(43(10,11)12)23-35(39(29)47)48-34-22-32(42(7,8)9)20-28(38(34)46)14-26(18-30)36(24)44/h16-23,44-47H,13-15H2,1-12H3. The molecule has 0 aromatic heterocycles. The van der Waals surface area contributed by atoms with Gasteiger partial charge in [0.1, 0.15) is 23.0 Å². The summed E-state index contributed by atoms with van der Waals surface area (Å²) in [6.07, 6.45) is 0.981. The lowest BCUT2D eigenvalue weighted by Crippen LogP contribution is -2.15. The first-order valence-electron chi connectivity index (χ1n) is 17.0. The maximum Gasteiger partial charge on any atom is 0.133 e. The monoisotopic (exact) mass is 666 g/mol. The van der Waals surface area contributed by atoms with E-state index in [2.05, 4.69) is 107 Å². The van der Waals surface area contributed by atoms with Gasteiger partial charge in [0.15, 0.2) is 0 Å². The molecule has 8 bridgehead atoms. The Kier molecular flexibility index (Phi) is 9.00. The van der Waals surface area contributed by atoms with Gasteiger partial charge in [-0.25, -0.2) is 0 Å². The fourth-order valence-electron chi connectivity index (χ4n) is 6.28. The van der Waals surface area contributed by atoms with Crippen molar-refractivity contribution in [2.24, 2.45) is 0 Å². The lowest BCUT2D eigenvalue weighted by molar-refractivity contribution is 0.446. The summed E-state index contributed by atoms with van der Waals surface area (Å²) in [4.78, 5) is 1.31. The molecule has 4 aromatic rings. The van der Waals surface area contributed by atoms with Crippen LogP contribution in [0.4, 0.5) is 0 Å². The average molecular weight is 667 g/mol. The van der Waals surface area contributed by atoms with Gasteiger partial charge in [-0.05, 0) is 89.4 Å². The highest BCUT2D eigenvalue weighted by molar-refractivity contribution is 7.99. The molecule has 4 aromatic carbocycles.